The number of nitrogens with one attached hydrogen (secondary N) is 2. The standard InChI is InChI=1S/C36H36N6O8/c1-2-49-32(43)20-29-19-27-21-40(17-16-31(27)41(29)36(46)50-22-24-6-4-3-5-7-24)35(45)30(18-23-8-14-28(15-9-23)42(47)48)39-34(44)26-12-10-25(11-13-26)33(37)38/h3-15,19,30H,2,16-18,20-22H2,1H3,(H3,37,38)(H,39,44)/t30-/m0/s1. The van der Waals surface area contributed by atoms with Crippen molar-refractivity contribution >= 4 is 35.4 Å². The number of nitrogen functional groups attached to an aromatic ring is 1. The molecule has 14 heteroatoms. The number of esters is 1. The predicted octanol–water partition coefficient (Wildman–Crippen LogP) is 3.90. The van der Waals surface area contributed by atoms with Crippen LogP contribution in [-0.4, -0.2) is 63.3 Å². The number of hydrogen-bond donors (Lipinski definition) is 3. The number of nitrogens with zero attached hydrogens (tertiary/aromatic N) is 3. The number of carbonyl (C=O) groups excluding carboxylic acids is 4. The number of nitro groups is 1. The predicted molar refractivity (Wildman–Crippen MR) is 181 cm³/mol. The number of amides is 2. The molecule has 0 saturated carbocycles. The lowest BCUT2D eigenvalue weighted by molar-refractivity contribution is -0.384. The number of aromatic nitrogens is 1. The Hall–Kier alpha value is -6.31. The van der Waals surface area contributed by atoms with Gasteiger partial charge in [0.15, 0.2) is 0 Å². The average Bonchev–Trinajstić information content (AvgIpc) is 3.47. The first-order valence-electron chi connectivity index (χ1n) is 15.9. The van der Waals surface area contributed by atoms with Crippen LogP contribution in [0.1, 0.15) is 50.9 Å². The minimum absolute atomic E-state index is 0.0254. The van der Waals surface area contributed by atoms with E-state index in [9.17, 15) is 29.3 Å². The number of amidine groups is 1. The Kier molecular flexibility index (Phi) is 11.0. The molecule has 2 heterocycles. The van der Waals surface area contributed by atoms with E-state index in [4.69, 9.17) is 20.6 Å². The van der Waals surface area contributed by atoms with Crippen molar-refractivity contribution in [2.75, 3.05) is 13.2 Å². The van der Waals surface area contributed by atoms with Gasteiger partial charge in [-0.15, -0.1) is 0 Å². The third-order valence-electron chi connectivity index (χ3n) is 8.23. The van der Waals surface area contributed by atoms with Crippen molar-refractivity contribution in [2.24, 2.45) is 5.73 Å². The number of ether oxygens (including phenoxy) is 2. The number of rotatable bonds is 12. The summed E-state index contributed by atoms with van der Waals surface area (Å²) < 4.78 is 12.1. The summed E-state index contributed by atoms with van der Waals surface area (Å²) in [5, 5.41) is 21.6. The van der Waals surface area contributed by atoms with E-state index in [0.717, 1.165) is 5.56 Å². The van der Waals surface area contributed by atoms with Crippen LogP contribution in [0.4, 0.5) is 10.5 Å². The van der Waals surface area contributed by atoms with Gasteiger partial charge in [0.25, 0.3) is 11.6 Å². The number of nitrogens with two attached hydrogens (primary N) is 1. The normalized spacial score (nSPS) is 12.7. The third-order valence-corrected chi connectivity index (χ3v) is 8.23. The summed E-state index contributed by atoms with van der Waals surface area (Å²) in [6.45, 7) is 2.16. The second-order valence-corrected chi connectivity index (χ2v) is 11.6. The molecule has 3 aromatic carbocycles. The zero-order chi connectivity index (χ0) is 35.8. The second-order valence-electron chi connectivity index (χ2n) is 11.6. The highest BCUT2D eigenvalue weighted by atomic mass is 16.6. The SMILES string of the molecule is CCOC(=O)Cc1cc2c(n1C(=O)OCc1ccccc1)CCN(C(=O)[C@H](Cc1ccc([N+](=O)[O-])cc1)NC(=O)c1ccc(C(=N)N)cc1)C2. The fourth-order valence-electron chi connectivity index (χ4n) is 5.74. The number of benzene rings is 3. The van der Waals surface area contributed by atoms with Crippen LogP contribution in [0, 0.1) is 15.5 Å². The molecule has 0 radical (unpaired) electrons. The van der Waals surface area contributed by atoms with Crippen LogP contribution >= 0.6 is 0 Å². The molecular weight excluding hydrogens is 644 g/mol. The summed E-state index contributed by atoms with van der Waals surface area (Å²) in [7, 11) is 0. The second kappa shape index (κ2) is 15.7. The molecule has 1 atom stereocenters. The van der Waals surface area contributed by atoms with Crippen LogP contribution < -0.4 is 11.1 Å². The number of nitro benzene ring substituents is 1. The Morgan fingerprint density at radius 3 is 2.28 bits per heavy atom. The topological polar surface area (TPSA) is 200 Å². The van der Waals surface area contributed by atoms with Gasteiger partial charge in [0.1, 0.15) is 18.5 Å². The maximum absolute atomic E-state index is 14.1. The number of fused-ring (bicyclic) bond motifs is 1. The van der Waals surface area contributed by atoms with Crippen LogP contribution in [0.3, 0.4) is 0 Å². The molecule has 0 aliphatic carbocycles. The molecule has 1 aliphatic heterocycles. The Morgan fingerprint density at radius 1 is 0.960 bits per heavy atom. The summed E-state index contributed by atoms with van der Waals surface area (Å²) in [4.78, 5) is 65.6. The zero-order valence-electron chi connectivity index (χ0n) is 27.3. The first kappa shape index (κ1) is 35.0. The molecule has 1 aromatic heterocycles. The Balaban J connectivity index is 1.40. The molecule has 2 amide bonds. The quantitative estimate of drug-likeness (QED) is 0.0653. The molecular formula is C36H36N6O8. The number of non-ortho nitro benzene ring substituents is 1. The van der Waals surface area contributed by atoms with Gasteiger partial charge < -0.3 is 25.4 Å². The van der Waals surface area contributed by atoms with Gasteiger partial charge >= 0.3 is 12.1 Å². The minimum atomic E-state index is -1.06. The highest BCUT2D eigenvalue weighted by molar-refractivity contribution is 6.00. The maximum Gasteiger partial charge on any atom is 0.418 e. The molecule has 4 N–H and O–H groups in total. The Labute approximate surface area is 287 Å². The maximum atomic E-state index is 14.1. The van der Waals surface area contributed by atoms with Gasteiger partial charge in [0.05, 0.1) is 18.0 Å². The summed E-state index contributed by atoms with van der Waals surface area (Å²) in [6.07, 6.45) is -0.544. The van der Waals surface area contributed by atoms with Crippen LogP contribution in [0.25, 0.3) is 0 Å². The monoisotopic (exact) mass is 680 g/mol. The van der Waals surface area contributed by atoms with Gasteiger partial charge in [-0.05, 0) is 41.8 Å². The van der Waals surface area contributed by atoms with Gasteiger partial charge in [-0.3, -0.25) is 34.5 Å². The van der Waals surface area contributed by atoms with Crippen molar-refractivity contribution in [3.8, 4) is 0 Å². The van der Waals surface area contributed by atoms with Crippen molar-refractivity contribution in [1.29, 1.82) is 5.41 Å². The molecule has 50 heavy (non-hydrogen) atoms. The molecule has 258 valence electrons. The van der Waals surface area contributed by atoms with E-state index in [-0.39, 0.29) is 62.7 Å². The summed E-state index contributed by atoms with van der Waals surface area (Å²) >= 11 is 0. The average molecular weight is 681 g/mol. The molecule has 0 bridgehead atoms. The summed E-state index contributed by atoms with van der Waals surface area (Å²) in [6, 6.07) is 21.6. The lowest BCUT2D eigenvalue weighted by Crippen LogP contribution is -2.51. The van der Waals surface area contributed by atoms with Crippen molar-refractivity contribution in [3.05, 3.63) is 134 Å². The van der Waals surface area contributed by atoms with E-state index in [1.807, 2.05) is 30.3 Å². The van der Waals surface area contributed by atoms with E-state index in [0.29, 0.717) is 28.1 Å². The zero-order valence-corrected chi connectivity index (χ0v) is 27.3. The van der Waals surface area contributed by atoms with Crippen molar-refractivity contribution in [3.63, 3.8) is 0 Å². The van der Waals surface area contributed by atoms with E-state index < -0.39 is 34.8 Å². The Bertz CT molecular complexity index is 1910. The van der Waals surface area contributed by atoms with Crippen LogP contribution in [0.2, 0.25) is 0 Å². The van der Waals surface area contributed by atoms with Crippen LogP contribution in [0.15, 0.2) is 84.9 Å². The lowest BCUT2D eigenvalue weighted by Gasteiger charge is -2.31. The molecule has 1 aliphatic rings. The number of hydrogen-bond acceptors (Lipinski definition) is 9. The van der Waals surface area contributed by atoms with Crippen molar-refractivity contribution < 1.29 is 33.6 Å². The molecule has 0 spiro atoms. The first-order valence-corrected chi connectivity index (χ1v) is 15.9. The van der Waals surface area contributed by atoms with Gasteiger partial charge in [0, 0.05) is 60.6 Å². The highest BCUT2D eigenvalue weighted by Crippen LogP contribution is 2.26. The molecule has 5 rings (SSSR count). The van der Waals surface area contributed by atoms with Crippen molar-refractivity contribution in [1.82, 2.24) is 14.8 Å². The number of carbonyl (C=O) groups is 4. The summed E-state index contributed by atoms with van der Waals surface area (Å²) in [5.41, 5.74) is 9.09. The van der Waals surface area contributed by atoms with E-state index in [2.05, 4.69) is 5.32 Å². The molecule has 14 nitrogen and oxygen atoms in total. The van der Waals surface area contributed by atoms with E-state index in [1.165, 1.54) is 53.1 Å². The van der Waals surface area contributed by atoms with Gasteiger partial charge in [-0.25, -0.2) is 4.79 Å². The van der Waals surface area contributed by atoms with Crippen LogP contribution in [-0.2, 0) is 51.5 Å². The van der Waals surface area contributed by atoms with E-state index in [1.54, 1.807) is 17.9 Å². The fourth-order valence-corrected chi connectivity index (χ4v) is 5.74. The lowest BCUT2D eigenvalue weighted by atomic mass is 10.0. The fraction of sp³-hybridized carbons (Fsp3) is 0.250. The highest BCUT2D eigenvalue weighted by Gasteiger charge is 2.33. The van der Waals surface area contributed by atoms with Gasteiger partial charge in [0.2, 0.25) is 5.91 Å². The summed E-state index contributed by atoms with van der Waals surface area (Å²) in [5.74, 6) is -1.62. The Morgan fingerprint density at radius 2 is 1.64 bits per heavy atom. The van der Waals surface area contributed by atoms with Crippen LogP contribution in [0.5, 0.6) is 0 Å². The molecule has 4 aromatic rings. The van der Waals surface area contributed by atoms with Gasteiger partial charge in [-0.2, -0.15) is 0 Å². The van der Waals surface area contributed by atoms with E-state index >= 15 is 0 Å². The van der Waals surface area contributed by atoms with Crippen molar-refractivity contribution in [2.45, 2.75) is 45.4 Å². The van der Waals surface area contributed by atoms with Gasteiger partial charge in [-0.1, -0.05) is 54.6 Å². The molecule has 0 unspecified atom stereocenters. The molecule has 0 fully saturated rings. The first-order chi connectivity index (χ1) is 24.0. The third kappa shape index (κ3) is 8.39. The minimum Gasteiger partial charge on any atom is -0.466 e. The smallest absolute Gasteiger partial charge is 0.418 e. The molecule has 0 saturated heterocycles. The largest absolute Gasteiger partial charge is 0.466 e.